The molecule has 17 heavy (non-hydrogen) atoms. The van der Waals surface area contributed by atoms with Gasteiger partial charge in [-0.25, -0.2) is 0 Å². The molecular weight excluding hydrogens is 228 g/mol. The van der Waals surface area contributed by atoms with Crippen molar-refractivity contribution in [2.24, 2.45) is 0 Å². The van der Waals surface area contributed by atoms with E-state index in [0.29, 0.717) is 10.5 Å². The highest BCUT2D eigenvalue weighted by atomic mass is 32.2. The normalized spacial score (nSPS) is 21.1. The highest BCUT2D eigenvalue weighted by molar-refractivity contribution is 8.00. The summed E-state index contributed by atoms with van der Waals surface area (Å²) in [6.45, 7) is 6.28. The summed E-state index contributed by atoms with van der Waals surface area (Å²) in [7, 11) is 0. The third kappa shape index (κ3) is 1.53. The topological polar surface area (TPSA) is 20.2 Å². The summed E-state index contributed by atoms with van der Waals surface area (Å²) in [5, 5.41) is 10.1. The van der Waals surface area contributed by atoms with E-state index in [0.717, 1.165) is 17.5 Å². The minimum Gasteiger partial charge on any atom is -0.507 e. The number of aromatic hydroxyl groups is 1. The number of thioether (sulfide) groups is 1. The van der Waals surface area contributed by atoms with Gasteiger partial charge in [-0.1, -0.05) is 6.42 Å². The van der Waals surface area contributed by atoms with E-state index in [2.05, 4.69) is 25.6 Å². The van der Waals surface area contributed by atoms with Gasteiger partial charge in [0.1, 0.15) is 5.75 Å². The molecule has 0 aromatic heterocycles. The van der Waals surface area contributed by atoms with Gasteiger partial charge < -0.3 is 5.11 Å². The van der Waals surface area contributed by atoms with E-state index in [-0.39, 0.29) is 0 Å². The van der Waals surface area contributed by atoms with Crippen molar-refractivity contribution < 1.29 is 5.11 Å². The molecule has 0 atom stereocenters. The first-order valence-corrected chi connectivity index (χ1v) is 7.36. The SMILES string of the molecule is Cc1c(C)c2c(c(C)c1O)CCC1(CCC1)S2. The highest BCUT2D eigenvalue weighted by Gasteiger charge is 2.41. The summed E-state index contributed by atoms with van der Waals surface area (Å²) in [6.07, 6.45) is 6.62. The molecule has 92 valence electrons. The molecule has 0 bridgehead atoms. The van der Waals surface area contributed by atoms with Gasteiger partial charge in [0.15, 0.2) is 0 Å². The lowest BCUT2D eigenvalue weighted by molar-refractivity contribution is 0.336. The first-order chi connectivity index (χ1) is 8.04. The second-order valence-electron chi connectivity index (χ2n) is 5.67. The molecule has 1 aromatic carbocycles. The van der Waals surface area contributed by atoms with E-state index in [1.807, 2.05) is 6.92 Å². The quantitative estimate of drug-likeness (QED) is 0.739. The van der Waals surface area contributed by atoms with Crippen LogP contribution in [0.1, 0.15) is 47.9 Å². The Balaban J connectivity index is 2.13. The van der Waals surface area contributed by atoms with E-state index in [1.54, 1.807) is 0 Å². The highest BCUT2D eigenvalue weighted by Crippen LogP contribution is 2.56. The van der Waals surface area contributed by atoms with Gasteiger partial charge in [0.05, 0.1) is 0 Å². The zero-order chi connectivity index (χ0) is 12.2. The predicted octanol–water partition coefficient (Wildman–Crippen LogP) is 4.28. The average molecular weight is 248 g/mol. The molecule has 1 N–H and O–H groups in total. The minimum atomic E-state index is 0.520. The Labute approximate surface area is 108 Å². The smallest absolute Gasteiger partial charge is 0.122 e. The molecule has 1 saturated carbocycles. The van der Waals surface area contributed by atoms with E-state index >= 15 is 0 Å². The molecule has 1 aromatic rings. The van der Waals surface area contributed by atoms with Crippen molar-refractivity contribution in [3.63, 3.8) is 0 Å². The summed E-state index contributed by atoms with van der Waals surface area (Å²) in [5.74, 6) is 0.520. The third-order valence-electron chi connectivity index (χ3n) is 4.75. The molecule has 0 saturated heterocycles. The molecule has 2 aliphatic rings. The molecule has 1 heterocycles. The Hall–Kier alpha value is -0.630. The van der Waals surface area contributed by atoms with E-state index in [1.165, 1.54) is 41.7 Å². The van der Waals surface area contributed by atoms with Crippen LogP contribution < -0.4 is 0 Å². The molecule has 1 spiro atoms. The van der Waals surface area contributed by atoms with Crippen LogP contribution in [0.2, 0.25) is 0 Å². The molecule has 0 unspecified atom stereocenters. The Morgan fingerprint density at radius 2 is 1.71 bits per heavy atom. The summed E-state index contributed by atoms with van der Waals surface area (Å²) >= 11 is 2.10. The molecule has 1 aliphatic heterocycles. The van der Waals surface area contributed by atoms with Crippen molar-refractivity contribution in [2.45, 2.75) is 62.5 Å². The maximum atomic E-state index is 10.1. The fourth-order valence-corrected chi connectivity index (χ4v) is 4.97. The van der Waals surface area contributed by atoms with E-state index in [4.69, 9.17) is 0 Å². The van der Waals surface area contributed by atoms with Crippen molar-refractivity contribution in [1.82, 2.24) is 0 Å². The molecule has 1 nitrogen and oxygen atoms in total. The van der Waals surface area contributed by atoms with Crippen LogP contribution in [-0.4, -0.2) is 9.85 Å². The van der Waals surface area contributed by atoms with Gasteiger partial charge in [0.2, 0.25) is 0 Å². The maximum absolute atomic E-state index is 10.1. The fraction of sp³-hybridized carbons (Fsp3) is 0.600. The standard InChI is InChI=1S/C15H20OS/c1-9-10(2)14-12(11(3)13(9)16)5-8-15(17-14)6-4-7-15/h16H,4-8H2,1-3H3. The van der Waals surface area contributed by atoms with Crippen molar-refractivity contribution in [3.8, 4) is 5.75 Å². The average Bonchev–Trinajstić information content (AvgIpc) is 2.31. The number of rotatable bonds is 0. The van der Waals surface area contributed by atoms with Crippen LogP contribution in [0.3, 0.4) is 0 Å². The first-order valence-electron chi connectivity index (χ1n) is 6.55. The number of fused-ring (bicyclic) bond motifs is 1. The van der Waals surface area contributed by atoms with Crippen molar-refractivity contribution >= 4 is 11.8 Å². The van der Waals surface area contributed by atoms with Crippen LogP contribution in [-0.2, 0) is 6.42 Å². The molecule has 3 rings (SSSR count). The monoisotopic (exact) mass is 248 g/mol. The summed E-state index contributed by atoms with van der Waals surface area (Å²) in [5.41, 5.74) is 4.90. The lowest BCUT2D eigenvalue weighted by Crippen LogP contribution is -2.36. The van der Waals surface area contributed by atoms with Gasteiger partial charge in [-0.3, -0.25) is 0 Å². The Bertz CT molecular complexity index is 486. The van der Waals surface area contributed by atoms with Gasteiger partial charge in [0.25, 0.3) is 0 Å². The zero-order valence-corrected chi connectivity index (χ0v) is 11.7. The van der Waals surface area contributed by atoms with Crippen molar-refractivity contribution in [3.05, 3.63) is 22.3 Å². The van der Waals surface area contributed by atoms with Crippen LogP contribution >= 0.6 is 11.8 Å². The van der Waals surface area contributed by atoms with E-state index in [9.17, 15) is 5.11 Å². The lowest BCUT2D eigenvalue weighted by Gasteiger charge is -2.45. The van der Waals surface area contributed by atoms with E-state index < -0.39 is 0 Å². The van der Waals surface area contributed by atoms with Gasteiger partial charge in [-0.05, 0) is 68.7 Å². The molecule has 2 heteroatoms. The summed E-state index contributed by atoms with van der Waals surface area (Å²) in [4.78, 5) is 1.48. The van der Waals surface area contributed by atoms with Crippen LogP contribution in [0.4, 0.5) is 0 Å². The third-order valence-corrected chi connectivity index (χ3v) is 6.56. The molecule has 0 amide bonds. The second-order valence-corrected chi connectivity index (χ2v) is 7.15. The zero-order valence-electron chi connectivity index (χ0n) is 10.9. The van der Waals surface area contributed by atoms with Crippen LogP contribution in [0.5, 0.6) is 5.75 Å². The molecule has 0 radical (unpaired) electrons. The van der Waals surface area contributed by atoms with Crippen LogP contribution in [0.25, 0.3) is 0 Å². The number of phenols is 1. The summed E-state index contributed by atoms with van der Waals surface area (Å²) in [6, 6.07) is 0. The fourth-order valence-electron chi connectivity index (χ4n) is 3.15. The predicted molar refractivity (Wildman–Crippen MR) is 73.1 cm³/mol. The van der Waals surface area contributed by atoms with Crippen LogP contribution in [0, 0.1) is 20.8 Å². The van der Waals surface area contributed by atoms with Gasteiger partial charge in [0, 0.05) is 9.64 Å². The number of hydrogen-bond acceptors (Lipinski definition) is 2. The number of hydrogen-bond donors (Lipinski definition) is 1. The van der Waals surface area contributed by atoms with Crippen molar-refractivity contribution in [2.75, 3.05) is 0 Å². The maximum Gasteiger partial charge on any atom is 0.122 e. The molecular formula is C15H20OS. The number of benzene rings is 1. The van der Waals surface area contributed by atoms with Gasteiger partial charge in [-0.2, -0.15) is 0 Å². The lowest BCUT2D eigenvalue weighted by atomic mass is 9.79. The Kier molecular flexibility index (Phi) is 2.48. The van der Waals surface area contributed by atoms with Crippen LogP contribution in [0.15, 0.2) is 4.90 Å². The molecule has 1 fully saturated rings. The van der Waals surface area contributed by atoms with Crippen molar-refractivity contribution in [1.29, 1.82) is 0 Å². The second kappa shape index (κ2) is 3.68. The van der Waals surface area contributed by atoms with Gasteiger partial charge in [-0.15, -0.1) is 11.8 Å². The first kappa shape index (κ1) is 11.5. The minimum absolute atomic E-state index is 0.520. The number of phenolic OH excluding ortho intramolecular Hbond substituents is 1. The Morgan fingerprint density at radius 3 is 2.29 bits per heavy atom. The Morgan fingerprint density at radius 1 is 1.00 bits per heavy atom. The van der Waals surface area contributed by atoms with Gasteiger partial charge >= 0.3 is 0 Å². The largest absolute Gasteiger partial charge is 0.507 e. The summed E-state index contributed by atoms with van der Waals surface area (Å²) < 4.78 is 0.549. The molecule has 1 aliphatic carbocycles.